The predicted molar refractivity (Wildman–Crippen MR) is 77.1 cm³/mol. The van der Waals surface area contributed by atoms with E-state index >= 15 is 0 Å². The van der Waals surface area contributed by atoms with Crippen LogP contribution in [0.5, 0.6) is 0 Å². The normalized spacial score (nSPS) is 16.9. The number of sulfonamides is 1. The zero-order valence-electron chi connectivity index (χ0n) is 10.9. The average molecular weight is 363 g/mol. The lowest BCUT2D eigenvalue weighted by molar-refractivity contribution is 0.0730. The minimum atomic E-state index is -3.63. The van der Waals surface area contributed by atoms with Crippen molar-refractivity contribution in [3.8, 4) is 0 Å². The predicted octanol–water partition coefficient (Wildman–Crippen LogP) is 0.830. The largest absolute Gasteiger partial charge is 0.379 e. The molecule has 0 aromatic heterocycles. The van der Waals surface area contributed by atoms with Crippen molar-refractivity contribution in [3.05, 3.63) is 28.2 Å². The molecule has 2 rings (SSSR count). The zero-order valence-corrected chi connectivity index (χ0v) is 13.3. The SMILES string of the molecule is CNC(=O)c1ccc(Br)c(S(=O)(=O)N2CCOCC2)c1. The number of nitrogens with one attached hydrogen (secondary N) is 1. The first-order valence-corrected chi connectivity index (χ1v) is 8.29. The Kier molecular flexibility index (Phi) is 4.79. The molecule has 110 valence electrons. The summed E-state index contributed by atoms with van der Waals surface area (Å²) in [6.07, 6.45) is 0. The molecule has 0 atom stereocenters. The van der Waals surface area contributed by atoms with E-state index in [1.165, 1.54) is 17.4 Å². The van der Waals surface area contributed by atoms with E-state index in [4.69, 9.17) is 4.74 Å². The van der Waals surface area contributed by atoms with E-state index < -0.39 is 10.0 Å². The molecular weight excluding hydrogens is 348 g/mol. The fraction of sp³-hybridized carbons (Fsp3) is 0.417. The molecule has 20 heavy (non-hydrogen) atoms. The van der Waals surface area contributed by atoms with Crippen molar-refractivity contribution in [1.29, 1.82) is 0 Å². The molecule has 0 saturated carbocycles. The number of ether oxygens (including phenoxy) is 1. The molecule has 0 bridgehead atoms. The first-order valence-electron chi connectivity index (χ1n) is 6.06. The first-order chi connectivity index (χ1) is 9.46. The van der Waals surface area contributed by atoms with Crippen molar-refractivity contribution in [2.75, 3.05) is 33.4 Å². The lowest BCUT2D eigenvalue weighted by atomic mass is 10.2. The molecule has 1 saturated heterocycles. The van der Waals surface area contributed by atoms with Crippen LogP contribution in [0.3, 0.4) is 0 Å². The van der Waals surface area contributed by atoms with Gasteiger partial charge >= 0.3 is 0 Å². The second kappa shape index (κ2) is 6.21. The topological polar surface area (TPSA) is 75.7 Å². The van der Waals surface area contributed by atoms with Crippen molar-refractivity contribution in [2.45, 2.75) is 4.90 Å². The number of benzene rings is 1. The Balaban J connectivity index is 2.42. The molecular formula is C12H15BrN2O4S. The average Bonchev–Trinajstić information content (AvgIpc) is 2.47. The Morgan fingerprint density at radius 2 is 2.00 bits per heavy atom. The Hall–Kier alpha value is -0.960. The maximum absolute atomic E-state index is 12.6. The van der Waals surface area contributed by atoms with Crippen LogP contribution in [0.25, 0.3) is 0 Å². The van der Waals surface area contributed by atoms with E-state index in [-0.39, 0.29) is 10.8 Å². The summed E-state index contributed by atoms with van der Waals surface area (Å²) in [6, 6.07) is 4.52. The zero-order chi connectivity index (χ0) is 14.8. The van der Waals surface area contributed by atoms with Gasteiger partial charge in [0.1, 0.15) is 0 Å². The van der Waals surface area contributed by atoms with Crippen molar-refractivity contribution < 1.29 is 17.9 Å². The van der Waals surface area contributed by atoms with Crippen LogP contribution in [0, 0.1) is 0 Å². The molecule has 1 amide bonds. The third-order valence-electron chi connectivity index (χ3n) is 3.01. The molecule has 1 fully saturated rings. The fourth-order valence-corrected chi connectivity index (χ4v) is 4.27. The first kappa shape index (κ1) is 15.4. The summed E-state index contributed by atoms with van der Waals surface area (Å²) in [5.41, 5.74) is 0.308. The van der Waals surface area contributed by atoms with Crippen LogP contribution in [0.2, 0.25) is 0 Å². The molecule has 1 aliphatic heterocycles. The number of halogens is 1. The maximum Gasteiger partial charge on any atom is 0.251 e. The van der Waals surface area contributed by atoms with Gasteiger partial charge in [-0.15, -0.1) is 0 Å². The van der Waals surface area contributed by atoms with Gasteiger partial charge in [0.15, 0.2) is 0 Å². The fourth-order valence-electron chi connectivity index (χ4n) is 1.91. The molecule has 0 aliphatic carbocycles. The second-order valence-electron chi connectivity index (χ2n) is 4.24. The standard InChI is InChI=1S/C12H15BrN2O4S/c1-14-12(16)9-2-3-10(13)11(8-9)20(17,18)15-4-6-19-7-5-15/h2-3,8H,4-7H2,1H3,(H,14,16). The highest BCUT2D eigenvalue weighted by Crippen LogP contribution is 2.26. The summed E-state index contributed by atoms with van der Waals surface area (Å²) in [7, 11) is -2.13. The number of morpholine rings is 1. The van der Waals surface area contributed by atoms with Crippen molar-refractivity contribution in [1.82, 2.24) is 9.62 Å². The van der Waals surface area contributed by atoms with Gasteiger partial charge < -0.3 is 10.1 Å². The number of amides is 1. The van der Waals surface area contributed by atoms with Crippen LogP contribution in [-0.2, 0) is 14.8 Å². The van der Waals surface area contributed by atoms with Crippen LogP contribution in [-0.4, -0.2) is 52.0 Å². The Bertz CT molecular complexity index is 612. The van der Waals surface area contributed by atoms with Gasteiger partial charge in [-0.1, -0.05) is 0 Å². The van der Waals surface area contributed by atoms with E-state index in [1.807, 2.05) is 0 Å². The molecule has 1 N–H and O–H groups in total. The summed E-state index contributed by atoms with van der Waals surface area (Å²) >= 11 is 3.24. The highest BCUT2D eigenvalue weighted by atomic mass is 79.9. The van der Waals surface area contributed by atoms with Gasteiger partial charge in [0, 0.05) is 30.2 Å². The quantitative estimate of drug-likeness (QED) is 0.863. The lowest BCUT2D eigenvalue weighted by Crippen LogP contribution is -2.40. The minimum Gasteiger partial charge on any atom is -0.379 e. The molecule has 8 heteroatoms. The summed E-state index contributed by atoms with van der Waals surface area (Å²) in [5, 5.41) is 2.48. The molecule has 0 radical (unpaired) electrons. The monoisotopic (exact) mass is 362 g/mol. The van der Waals surface area contributed by atoms with E-state index in [9.17, 15) is 13.2 Å². The smallest absolute Gasteiger partial charge is 0.251 e. The summed E-state index contributed by atoms with van der Waals surface area (Å²) in [6.45, 7) is 1.40. The third-order valence-corrected chi connectivity index (χ3v) is 5.90. The molecule has 1 aliphatic rings. The van der Waals surface area contributed by atoms with E-state index in [1.54, 1.807) is 12.1 Å². The van der Waals surface area contributed by atoms with Gasteiger partial charge in [-0.05, 0) is 34.1 Å². The van der Waals surface area contributed by atoms with Gasteiger partial charge in [0.05, 0.1) is 18.1 Å². The molecule has 6 nitrogen and oxygen atoms in total. The van der Waals surface area contributed by atoms with Gasteiger partial charge in [0.2, 0.25) is 10.0 Å². The number of carbonyl (C=O) groups is 1. The van der Waals surface area contributed by atoms with Crippen molar-refractivity contribution >= 4 is 31.9 Å². The highest BCUT2D eigenvalue weighted by Gasteiger charge is 2.28. The maximum atomic E-state index is 12.6. The molecule has 0 unspecified atom stereocenters. The Morgan fingerprint density at radius 3 is 2.60 bits per heavy atom. The Labute approximate surface area is 126 Å². The van der Waals surface area contributed by atoms with E-state index in [0.717, 1.165) is 0 Å². The minimum absolute atomic E-state index is 0.0977. The van der Waals surface area contributed by atoms with Crippen LogP contribution in [0.1, 0.15) is 10.4 Å². The number of hydrogen-bond donors (Lipinski definition) is 1. The number of nitrogens with zero attached hydrogens (tertiary/aromatic N) is 1. The van der Waals surface area contributed by atoms with Gasteiger partial charge in [-0.25, -0.2) is 8.42 Å². The number of carbonyl (C=O) groups excluding carboxylic acids is 1. The van der Waals surface area contributed by atoms with Crippen LogP contribution < -0.4 is 5.32 Å². The molecule has 1 heterocycles. The van der Waals surface area contributed by atoms with Gasteiger partial charge in [-0.3, -0.25) is 4.79 Å². The highest BCUT2D eigenvalue weighted by molar-refractivity contribution is 9.10. The van der Waals surface area contributed by atoms with Crippen molar-refractivity contribution in [3.63, 3.8) is 0 Å². The summed E-state index contributed by atoms with van der Waals surface area (Å²) < 4.78 is 32.1. The molecule has 0 spiro atoms. The summed E-state index contributed by atoms with van der Waals surface area (Å²) in [5.74, 6) is -0.323. The Morgan fingerprint density at radius 1 is 1.35 bits per heavy atom. The molecule has 1 aromatic rings. The van der Waals surface area contributed by atoms with E-state index in [2.05, 4.69) is 21.2 Å². The lowest BCUT2D eigenvalue weighted by Gasteiger charge is -2.26. The third kappa shape index (κ3) is 3.03. The van der Waals surface area contributed by atoms with Crippen LogP contribution in [0.4, 0.5) is 0 Å². The van der Waals surface area contributed by atoms with Crippen LogP contribution in [0.15, 0.2) is 27.6 Å². The molecule has 1 aromatic carbocycles. The second-order valence-corrected chi connectivity index (χ2v) is 7.00. The van der Waals surface area contributed by atoms with Crippen molar-refractivity contribution in [2.24, 2.45) is 0 Å². The van der Waals surface area contributed by atoms with Gasteiger partial charge in [0.25, 0.3) is 5.91 Å². The number of hydrogen-bond acceptors (Lipinski definition) is 4. The summed E-state index contributed by atoms with van der Waals surface area (Å²) in [4.78, 5) is 11.7. The van der Waals surface area contributed by atoms with Crippen LogP contribution >= 0.6 is 15.9 Å². The van der Waals surface area contributed by atoms with Gasteiger partial charge in [-0.2, -0.15) is 4.31 Å². The number of rotatable bonds is 3. The van der Waals surface area contributed by atoms with E-state index in [0.29, 0.717) is 36.3 Å².